The first-order valence-corrected chi connectivity index (χ1v) is 12.3. The van der Waals surface area contributed by atoms with Crippen molar-refractivity contribution in [2.45, 2.75) is 37.6 Å². The molecule has 1 fully saturated rings. The molecule has 1 aliphatic heterocycles. The molecule has 33 heavy (non-hydrogen) atoms. The smallest absolute Gasteiger partial charge is 0.233 e. The largest absolute Gasteiger partial charge is 0.485 e. The number of piperidine rings is 1. The van der Waals surface area contributed by atoms with Gasteiger partial charge in [-0.3, -0.25) is 4.79 Å². The molecule has 7 nitrogen and oxygen atoms in total. The summed E-state index contributed by atoms with van der Waals surface area (Å²) in [4.78, 5) is 14.5. The highest BCUT2D eigenvalue weighted by atomic mass is 32.2. The second kappa shape index (κ2) is 11.9. The maximum absolute atomic E-state index is 12.6. The Labute approximate surface area is 199 Å². The van der Waals surface area contributed by atoms with Crippen LogP contribution in [0.5, 0.6) is 5.75 Å². The van der Waals surface area contributed by atoms with Crippen molar-refractivity contribution in [2.24, 2.45) is 0 Å². The number of carbonyl (C=O) groups is 1. The second-order valence-corrected chi connectivity index (χ2v) is 8.87. The Bertz CT molecular complexity index is 1040. The summed E-state index contributed by atoms with van der Waals surface area (Å²) in [6, 6.07) is 18.1. The van der Waals surface area contributed by atoms with Gasteiger partial charge in [0.05, 0.1) is 12.4 Å². The average Bonchev–Trinajstić information content (AvgIpc) is 3.27. The first-order valence-electron chi connectivity index (χ1n) is 11.3. The highest BCUT2D eigenvalue weighted by Gasteiger charge is 2.19. The van der Waals surface area contributed by atoms with E-state index in [-0.39, 0.29) is 12.5 Å². The summed E-state index contributed by atoms with van der Waals surface area (Å²) in [5, 5.41) is 9.43. The lowest BCUT2D eigenvalue weighted by Gasteiger charge is -2.26. The quantitative estimate of drug-likeness (QED) is 0.416. The minimum Gasteiger partial charge on any atom is -0.485 e. The summed E-state index contributed by atoms with van der Waals surface area (Å²) in [5.74, 6) is 2.03. The van der Waals surface area contributed by atoms with Crippen LogP contribution in [0.3, 0.4) is 0 Å². The number of rotatable bonds is 10. The van der Waals surface area contributed by atoms with E-state index in [1.54, 1.807) is 7.11 Å². The Balaban J connectivity index is 1.45. The van der Waals surface area contributed by atoms with Gasteiger partial charge in [0.15, 0.2) is 11.0 Å². The van der Waals surface area contributed by atoms with Gasteiger partial charge in [0, 0.05) is 32.3 Å². The lowest BCUT2D eigenvalue weighted by atomic mass is 10.1. The highest BCUT2D eigenvalue weighted by molar-refractivity contribution is 7.99. The van der Waals surface area contributed by atoms with Gasteiger partial charge in [-0.1, -0.05) is 60.3 Å². The molecule has 2 aromatic carbocycles. The van der Waals surface area contributed by atoms with Crippen LogP contribution in [0.15, 0.2) is 59.8 Å². The number of carbonyl (C=O) groups excluding carboxylic acids is 1. The predicted octanol–water partition coefficient (Wildman–Crippen LogP) is 4.28. The van der Waals surface area contributed by atoms with Crippen LogP contribution < -0.4 is 4.74 Å². The Morgan fingerprint density at radius 3 is 2.55 bits per heavy atom. The third-order valence-corrected chi connectivity index (χ3v) is 6.63. The van der Waals surface area contributed by atoms with Crippen LogP contribution >= 0.6 is 11.8 Å². The van der Waals surface area contributed by atoms with Crippen molar-refractivity contribution in [3.8, 4) is 16.9 Å². The monoisotopic (exact) mass is 466 g/mol. The van der Waals surface area contributed by atoms with E-state index >= 15 is 0 Å². The molecule has 1 aromatic heterocycles. The van der Waals surface area contributed by atoms with Crippen LogP contribution in [0.4, 0.5) is 0 Å². The SMILES string of the molecule is COCCn1c(COc2ccccc2-c2ccccc2)nnc1SCC(=O)N1CCCCC1. The average molecular weight is 467 g/mol. The van der Waals surface area contributed by atoms with Gasteiger partial charge in [-0.2, -0.15) is 0 Å². The molecule has 1 saturated heterocycles. The number of para-hydroxylation sites is 1. The van der Waals surface area contributed by atoms with Crippen LogP contribution in [0.1, 0.15) is 25.1 Å². The Morgan fingerprint density at radius 2 is 1.76 bits per heavy atom. The lowest BCUT2D eigenvalue weighted by Crippen LogP contribution is -2.36. The van der Waals surface area contributed by atoms with E-state index in [1.807, 2.05) is 51.9 Å². The highest BCUT2D eigenvalue weighted by Crippen LogP contribution is 2.30. The fraction of sp³-hybridized carbons (Fsp3) is 0.400. The number of aromatic nitrogens is 3. The van der Waals surface area contributed by atoms with Gasteiger partial charge in [0.25, 0.3) is 0 Å². The van der Waals surface area contributed by atoms with E-state index in [0.29, 0.717) is 29.9 Å². The summed E-state index contributed by atoms with van der Waals surface area (Å²) in [6.45, 7) is 3.12. The van der Waals surface area contributed by atoms with Crippen LogP contribution in [0.2, 0.25) is 0 Å². The summed E-state index contributed by atoms with van der Waals surface area (Å²) in [7, 11) is 1.67. The van der Waals surface area contributed by atoms with E-state index in [1.165, 1.54) is 18.2 Å². The fourth-order valence-electron chi connectivity index (χ4n) is 3.89. The van der Waals surface area contributed by atoms with Crippen LogP contribution in [-0.2, 0) is 22.7 Å². The van der Waals surface area contributed by atoms with Gasteiger partial charge >= 0.3 is 0 Å². The van der Waals surface area contributed by atoms with Gasteiger partial charge < -0.3 is 18.9 Å². The number of likely N-dealkylation sites (tertiary alicyclic amines) is 1. The first-order chi connectivity index (χ1) is 16.3. The standard InChI is InChI=1S/C25H30N4O3S/c1-31-17-16-29-23(26-27-25(29)33-19-24(30)28-14-8-3-9-15-28)18-32-22-13-7-6-12-21(22)20-10-4-2-5-11-20/h2,4-7,10-13H,3,8-9,14-19H2,1H3. The number of methoxy groups -OCH3 is 1. The van der Waals surface area contributed by atoms with Crippen molar-refractivity contribution < 1.29 is 14.3 Å². The zero-order valence-electron chi connectivity index (χ0n) is 19.0. The van der Waals surface area contributed by atoms with E-state index in [2.05, 4.69) is 22.3 Å². The molecule has 174 valence electrons. The molecule has 0 atom stereocenters. The zero-order valence-corrected chi connectivity index (χ0v) is 19.8. The maximum Gasteiger partial charge on any atom is 0.233 e. The van der Waals surface area contributed by atoms with E-state index < -0.39 is 0 Å². The molecule has 0 bridgehead atoms. The molecule has 8 heteroatoms. The van der Waals surface area contributed by atoms with Crippen molar-refractivity contribution >= 4 is 17.7 Å². The Hall–Kier alpha value is -2.84. The number of benzene rings is 2. The number of hydrogen-bond acceptors (Lipinski definition) is 6. The molecule has 0 spiro atoms. The third-order valence-electron chi connectivity index (χ3n) is 5.67. The Morgan fingerprint density at radius 1 is 1.00 bits per heavy atom. The molecule has 0 N–H and O–H groups in total. The summed E-state index contributed by atoms with van der Waals surface area (Å²) in [5.41, 5.74) is 2.13. The van der Waals surface area contributed by atoms with E-state index in [9.17, 15) is 4.79 Å². The molecule has 4 rings (SSSR count). The molecule has 3 aromatic rings. The summed E-state index contributed by atoms with van der Waals surface area (Å²) in [6.07, 6.45) is 3.39. The molecular formula is C25H30N4O3S. The minimum absolute atomic E-state index is 0.163. The molecule has 2 heterocycles. The van der Waals surface area contributed by atoms with Crippen molar-refractivity contribution in [1.82, 2.24) is 19.7 Å². The Kier molecular flexibility index (Phi) is 8.38. The zero-order chi connectivity index (χ0) is 22.9. The van der Waals surface area contributed by atoms with Crippen LogP contribution in [0, 0.1) is 0 Å². The minimum atomic E-state index is 0.163. The van der Waals surface area contributed by atoms with Crippen molar-refractivity contribution in [1.29, 1.82) is 0 Å². The number of nitrogens with zero attached hydrogens (tertiary/aromatic N) is 4. The van der Waals surface area contributed by atoms with Gasteiger partial charge in [-0.05, 0) is 30.9 Å². The third kappa shape index (κ3) is 6.15. The lowest BCUT2D eigenvalue weighted by molar-refractivity contribution is -0.129. The first kappa shape index (κ1) is 23.3. The van der Waals surface area contributed by atoms with Crippen LogP contribution in [0.25, 0.3) is 11.1 Å². The van der Waals surface area contributed by atoms with Gasteiger partial charge in [0.2, 0.25) is 5.91 Å². The van der Waals surface area contributed by atoms with Gasteiger partial charge in [0.1, 0.15) is 12.4 Å². The molecule has 0 aliphatic carbocycles. The van der Waals surface area contributed by atoms with Crippen molar-refractivity contribution in [2.75, 3.05) is 32.6 Å². The maximum atomic E-state index is 12.6. The number of thioether (sulfide) groups is 1. The fourth-order valence-corrected chi connectivity index (χ4v) is 4.78. The normalized spacial score (nSPS) is 13.8. The van der Waals surface area contributed by atoms with Gasteiger partial charge in [-0.15, -0.1) is 10.2 Å². The summed E-state index contributed by atoms with van der Waals surface area (Å²) >= 11 is 1.43. The van der Waals surface area contributed by atoms with Crippen molar-refractivity contribution in [3.05, 3.63) is 60.4 Å². The molecule has 1 aliphatic rings. The van der Waals surface area contributed by atoms with Crippen LogP contribution in [-0.4, -0.2) is 58.1 Å². The summed E-state index contributed by atoms with van der Waals surface area (Å²) < 4.78 is 13.5. The molecular weight excluding hydrogens is 436 g/mol. The molecule has 0 unspecified atom stereocenters. The number of hydrogen-bond donors (Lipinski definition) is 0. The molecule has 0 radical (unpaired) electrons. The van der Waals surface area contributed by atoms with E-state index in [4.69, 9.17) is 9.47 Å². The second-order valence-electron chi connectivity index (χ2n) is 7.92. The molecule has 1 amide bonds. The predicted molar refractivity (Wildman–Crippen MR) is 129 cm³/mol. The van der Waals surface area contributed by atoms with Crippen molar-refractivity contribution in [3.63, 3.8) is 0 Å². The number of amides is 1. The topological polar surface area (TPSA) is 69.5 Å². The molecule has 0 saturated carbocycles. The number of ether oxygens (including phenoxy) is 2. The van der Waals surface area contributed by atoms with E-state index in [0.717, 1.165) is 42.8 Å². The van der Waals surface area contributed by atoms with Gasteiger partial charge in [-0.25, -0.2) is 0 Å².